The fourth-order valence-corrected chi connectivity index (χ4v) is 5.22. The summed E-state index contributed by atoms with van der Waals surface area (Å²) in [5, 5.41) is 47.3. The lowest BCUT2D eigenvalue weighted by Crippen LogP contribution is -2.44. The van der Waals surface area contributed by atoms with Gasteiger partial charge in [0.05, 0.1) is 0 Å². The molecule has 5 rings (SSSR count). The SMILES string of the molecule is Cc1nnc(NC(=O)c2cccc([C@@H]3C[C@H]3NC3CCN(C4CC4)CC3)c2)s1.O=C(O)/C=C/C(=O)O.O=C(O)/C=C/C(=O)O. The topological polar surface area (TPSA) is 219 Å². The first-order valence-corrected chi connectivity index (χ1v) is 14.7. The molecule has 0 radical (unpaired) electrons. The van der Waals surface area contributed by atoms with Gasteiger partial charge in [0.1, 0.15) is 5.01 Å². The average molecular weight is 630 g/mol. The third-order valence-corrected chi connectivity index (χ3v) is 7.65. The molecule has 14 nitrogen and oxygen atoms in total. The molecular formula is C29H35N5O9S. The van der Waals surface area contributed by atoms with Gasteiger partial charge in [-0.15, -0.1) is 10.2 Å². The number of carbonyl (C=O) groups excluding carboxylic acids is 1. The standard InChI is InChI=1S/C21H27N5OS.2C4H4O4/c1-13-24-25-21(28-13)23-20(27)15-4-2-3-14(11-15)18-12-19(18)22-16-7-9-26(10-8-16)17-5-6-17;2*5-3(6)1-2-4(7)8/h2-4,11,16-19,22H,5-10,12H2,1H3,(H,23,25,27);2*1-2H,(H,5,6)(H,7,8)/b;2*2-1+/t18-,19+;;/m0../s1. The molecule has 2 heterocycles. The molecule has 1 aromatic carbocycles. The molecule has 1 aliphatic heterocycles. The molecule has 44 heavy (non-hydrogen) atoms. The van der Waals surface area contributed by atoms with Crippen LogP contribution in [0.5, 0.6) is 0 Å². The molecule has 0 spiro atoms. The molecule has 3 fully saturated rings. The number of aliphatic carboxylic acids is 4. The molecule has 15 heteroatoms. The van der Waals surface area contributed by atoms with E-state index in [-0.39, 0.29) is 5.91 Å². The fraction of sp³-hybridized carbons (Fsp3) is 0.414. The summed E-state index contributed by atoms with van der Waals surface area (Å²) in [6.07, 6.45) is 8.75. The summed E-state index contributed by atoms with van der Waals surface area (Å²) in [4.78, 5) is 53.4. The van der Waals surface area contributed by atoms with Gasteiger partial charge in [0, 0.05) is 53.9 Å². The van der Waals surface area contributed by atoms with E-state index in [4.69, 9.17) is 20.4 Å². The van der Waals surface area contributed by atoms with Crippen molar-refractivity contribution in [1.29, 1.82) is 0 Å². The number of hydrogen-bond donors (Lipinski definition) is 6. The van der Waals surface area contributed by atoms with Crippen LogP contribution in [0.25, 0.3) is 0 Å². The Morgan fingerprint density at radius 3 is 1.91 bits per heavy atom. The van der Waals surface area contributed by atoms with E-state index in [9.17, 15) is 24.0 Å². The first-order chi connectivity index (χ1) is 20.9. The number of nitrogens with zero attached hydrogens (tertiary/aromatic N) is 3. The van der Waals surface area contributed by atoms with Crippen molar-refractivity contribution < 1.29 is 44.4 Å². The summed E-state index contributed by atoms with van der Waals surface area (Å²) in [6.45, 7) is 4.38. The van der Waals surface area contributed by atoms with E-state index in [1.54, 1.807) is 0 Å². The van der Waals surface area contributed by atoms with Crippen LogP contribution in [0, 0.1) is 6.92 Å². The highest BCUT2D eigenvalue weighted by atomic mass is 32.1. The van der Waals surface area contributed by atoms with E-state index in [1.165, 1.54) is 62.1 Å². The molecule has 1 amide bonds. The molecular weight excluding hydrogens is 594 g/mol. The van der Waals surface area contributed by atoms with Gasteiger partial charge in [-0.1, -0.05) is 23.5 Å². The van der Waals surface area contributed by atoms with Crippen molar-refractivity contribution in [2.75, 3.05) is 18.4 Å². The lowest BCUT2D eigenvalue weighted by molar-refractivity contribution is -0.134. The monoisotopic (exact) mass is 629 g/mol. The Morgan fingerprint density at radius 2 is 1.43 bits per heavy atom. The second-order valence-electron chi connectivity index (χ2n) is 10.4. The zero-order valence-corrected chi connectivity index (χ0v) is 24.8. The highest BCUT2D eigenvalue weighted by Gasteiger charge is 2.40. The van der Waals surface area contributed by atoms with Crippen LogP contribution in [0.4, 0.5) is 5.13 Å². The zero-order valence-electron chi connectivity index (χ0n) is 24.0. The minimum absolute atomic E-state index is 0.115. The molecule has 2 aliphatic carbocycles. The molecule has 3 aliphatic rings. The van der Waals surface area contributed by atoms with Crippen LogP contribution in [-0.4, -0.2) is 96.5 Å². The molecule has 2 aromatic rings. The molecule has 6 N–H and O–H groups in total. The van der Waals surface area contributed by atoms with Crippen molar-refractivity contribution in [2.24, 2.45) is 0 Å². The van der Waals surface area contributed by atoms with Crippen LogP contribution in [0.15, 0.2) is 48.6 Å². The number of anilines is 1. The van der Waals surface area contributed by atoms with Gasteiger partial charge in [0.15, 0.2) is 0 Å². The zero-order chi connectivity index (χ0) is 32.2. The Balaban J connectivity index is 0.000000275. The summed E-state index contributed by atoms with van der Waals surface area (Å²) in [5.41, 5.74) is 1.95. The van der Waals surface area contributed by atoms with Gasteiger partial charge in [-0.05, 0) is 69.8 Å². The van der Waals surface area contributed by atoms with Crippen LogP contribution in [0.1, 0.15) is 59.0 Å². The maximum atomic E-state index is 12.5. The number of hydrogen-bond acceptors (Lipinski definition) is 10. The van der Waals surface area contributed by atoms with E-state index in [0.29, 0.717) is 53.0 Å². The Hall–Kier alpha value is -4.47. The third kappa shape index (κ3) is 12.4. The fourth-order valence-electron chi connectivity index (χ4n) is 4.63. The number of carboxylic acids is 4. The number of aromatic nitrogens is 2. The van der Waals surface area contributed by atoms with Crippen molar-refractivity contribution in [3.05, 3.63) is 64.7 Å². The summed E-state index contributed by atoms with van der Waals surface area (Å²) < 4.78 is 0. The van der Waals surface area contributed by atoms with Gasteiger partial charge in [-0.25, -0.2) is 19.2 Å². The summed E-state index contributed by atoms with van der Waals surface area (Å²) in [6, 6.07) is 10.1. The third-order valence-electron chi connectivity index (χ3n) is 6.89. The van der Waals surface area contributed by atoms with E-state index in [2.05, 4.69) is 31.8 Å². The summed E-state index contributed by atoms with van der Waals surface area (Å²) in [5.74, 6) is -4.62. The van der Waals surface area contributed by atoms with E-state index in [1.807, 2.05) is 25.1 Å². The van der Waals surface area contributed by atoms with Gasteiger partial charge in [0.25, 0.3) is 5.91 Å². The molecule has 2 atom stereocenters. The normalized spacial score (nSPS) is 19.8. The van der Waals surface area contributed by atoms with Gasteiger partial charge < -0.3 is 30.6 Å². The first kappa shape index (κ1) is 34.0. The molecule has 0 unspecified atom stereocenters. The minimum Gasteiger partial charge on any atom is -0.478 e. The van der Waals surface area contributed by atoms with Crippen molar-refractivity contribution in [2.45, 2.75) is 63.1 Å². The predicted octanol–water partition coefficient (Wildman–Crippen LogP) is 2.59. The van der Waals surface area contributed by atoms with Crippen molar-refractivity contribution in [1.82, 2.24) is 20.4 Å². The molecule has 0 bridgehead atoms. The number of piperidine rings is 1. The quantitative estimate of drug-likeness (QED) is 0.208. The van der Waals surface area contributed by atoms with E-state index >= 15 is 0 Å². The number of carbonyl (C=O) groups is 5. The summed E-state index contributed by atoms with van der Waals surface area (Å²) in [7, 11) is 0. The van der Waals surface area contributed by atoms with Crippen molar-refractivity contribution in [3.8, 4) is 0 Å². The lowest BCUT2D eigenvalue weighted by atomic mass is 10.0. The van der Waals surface area contributed by atoms with Gasteiger partial charge >= 0.3 is 23.9 Å². The number of benzene rings is 1. The number of amides is 1. The number of carboxylic acid groups (broad SMARTS) is 4. The predicted molar refractivity (Wildman–Crippen MR) is 160 cm³/mol. The van der Waals surface area contributed by atoms with E-state index in [0.717, 1.165) is 11.0 Å². The largest absolute Gasteiger partial charge is 0.478 e. The van der Waals surface area contributed by atoms with Crippen LogP contribution in [-0.2, 0) is 19.2 Å². The maximum absolute atomic E-state index is 12.5. The van der Waals surface area contributed by atoms with Gasteiger partial charge in [-0.3, -0.25) is 10.1 Å². The molecule has 1 saturated heterocycles. The van der Waals surface area contributed by atoms with E-state index < -0.39 is 23.9 Å². The second kappa shape index (κ2) is 16.4. The molecule has 1 aromatic heterocycles. The average Bonchev–Trinajstić information content (AvgIpc) is 3.91. The van der Waals surface area contributed by atoms with Gasteiger partial charge in [-0.2, -0.15) is 0 Å². The van der Waals surface area contributed by atoms with Crippen LogP contribution in [0.2, 0.25) is 0 Å². The highest BCUT2D eigenvalue weighted by molar-refractivity contribution is 7.15. The van der Waals surface area contributed by atoms with Gasteiger partial charge in [0.2, 0.25) is 5.13 Å². The van der Waals surface area contributed by atoms with Crippen molar-refractivity contribution >= 4 is 46.3 Å². The molecule has 2 saturated carbocycles. The molecule has 236 valence electrons. The Kier molecular flexibility index (Phi) is 12.7. The second-order valence-corrected chi connectivity index (χ2v) is 11.6. The number of aryl methyl sites for hydroxylation is 1. The lowest BCUT2D eigenvalue weighted by Gasteiger charge is -2.32. The Bertz CT molecular complexity index is 1330. The number of nitrogens with one attached hydrogen (secondary N) is 2. The Labute approximate surface area is 257 Å². The highest BCUT2D eigenvalue weighted by Crippen LogP contribution is 2.42. The minimum atomic E-state index is -1.26. The maximum Gasteiger partial charge on any atom is 0.328 e. The first-order valence-electron chi connectivity index (χ1n) is 13.9. The number of likely N-dealkylation sites (tertiary alicyclic amines) is 1. The van der Waals surface area contributed by atoms with Crippen LogP contribution in [0.3, 0.4) is 0 Å². The number of rotatable bonds is 10. The van der Waals surface area contributed by atoms with Crippen LogP contribution >= 0.6 is 11.3 Å². The van der Waals surface area contributed by atoms with Crippen molar-refractivity contribution in [3.63, 3.8) is 0 Å². The summed E-state index contributed by atoms with van der Waals surface area (Å²) >= 11 is 1.39. The Morgan fingerprint density at radius 1 is 0.864 bits per heavy atom. The smallest absolute Gasteiger partial charge is 0.328 e. The van der Waals surface area contributed by atoms with Crippen LogP contribution < -0.4 is 10.6 Å².